The first-order valence-electron chi connectivity index (χ1n) is 11.7. The van der Waals surface area contributed by atoms with Gasteiger partial charge in [-0.25, -0.2) is 8.78 Å². The zero-order chi connectivity index (χ0) is 27.2. The molecule has 0 fully saturated rings. The molecule has 11 heteroatoms. The summed E-state index contributed by atoms with van der Waals surface area (Å²) in [7, 11) is 0. The first-order chi connectivity index (χ1) is 18.4. The van der Waals surface area contributed by atoms with E-state index in [0.717, 1.165) is 24.3 Å². The average molecular weight is 516 g/mol. The molecule has 0 atom stereocenters. The lowest BCUT2D eigenvalue weighted by atomic mass is 10.0. The number of nitrogens with two attached hydrogens (primary N) is 1. The molecule has 0 bridgehead atoms. The van der Waals surface area contributed by atoms with Crippen molar-refractivity contribution in [3.8, 4) is 22.9 Å². The number of hydrogen-bond donors (Lipinski definition) is 2. The molecule has 1 amide bonds. The summed E-state index contributed by atoms with van der Waals surface area (Å²) in [6, 6.07) is 14.3. The molecule has 4 rings (SSSR count). The highest BCUT2D eigenvalue weighted by atomic mass is 19.1. The average Bonchev–Trinajstić information content (AvgIpc) is 2.92. The number of nitrogens with zero attached hydrogens (tertiary/aromatic N) is 5. The molecule has 0 aliphatic carbocycles. The Labute approximate surface area is 216 Å². The molecular weight excluding hydrogens is 492 g/mol. The van der Waals surface area contributed by atoms with Crippen molar-refractivity contribution in [3.63, 3.8) is 0 Å². The molecule has 0 radical (unpaired) electrons. The molecule has 0 aliphatic rings. The van der Waals surface area contributed by atoms with Gasteiger partial charge >= 0.3 is 0 Å². The predicted molar refractivity (Wildman–Crippen MR) is 139 cm³/mol. The van der Waals surface area contributed by atoms with E-state index < -0.39 is 28.8 Å². The molecule has 0 aliphatic heterocycles. The first kappa shape index (κ1) is 26.1. The van der Waals surface area contributed by atoms with Crippen LogP contribution < -0.4 is 21.5 Å². The summed E-state index contributed by atoms with van der Waals surface area (Å²) < 4.78 is 29.1. The molecule has 3 N–H and O–H groups in total. The second-order valence-corrected chi connectivity index (χ2v) is 8.13. The van der Waals surface area contributed by atoms with Crippen molar-refractivity contribution in [1.29, 1.82) is 5.26 Å². The van der Waals surface area contributed by atoms with Gasteiger partial charge < -0.3 is 16.0 Å². The number of benzene rings is 2. The van der Waals surface area contributed by atoms with Crippen LogP contribution in [0.1, 0.15) is 23.0 Å². The number of carbonyl (C=O) groups is 1. The van der Waals surface area contributed by atoms with Crippen molar-refractivity contribution in [2.45, 2.75) is 6.92 Å². The molecular formula is C27H23F2N7O2. The summed E-state index contributed by atoms with van der Waals surface area (Å²) in [4.78, 5) is 31.6. The van der Waals surface area contributed by atoms with E-state index in [9.17, 15) is 23.6 Å². The van der Waals surface area contributed by atoms with E-state index in [-0.39, 0.29) is 5.69 Å². The standard InChI is InChI=1S/C27H23F2N7O2/c1-2-35(13-11-30)24-14-17(19-16-32-12-10-18(19)15-31)6-7-22(24)33-27(38)23-8-9-25(37)36(34-23)26-20(28)4-3-5-21(26)29/h3-10,12,14,16H,2,11,13,30H2,1H3,(H,33,38). The third kappa shape index (κ3) is 5.25. The fraction of sp³-hybridized carbons (Fsp3) is 0.148. The van der Waals surface area contributed by atoms with Crippen molar-refractivity contribution in [2.24, 2.45) is 5.73 Å². The van der Waals surface area contributed by atoms with Crippen molar-refractivity contribution in [1.82, 2.24) is 14.8 Å². The third-order valence-corrected chi connectivity index (χ3v) is 5.80. The Bertz CT molecular complexity index is 1580. The van der Waals surface area contributed by atoms with Crippen LogP contribution in [0.4, 0.5) is 20.2 Å². The fourth-order valence-electron chi connectivity index (χ4n) is 3.96. The van der Waals surface area contributed by atoms with Crippen LogP contribution in [0.5, 0.6) is 0 Å². The zero-order valence-electron chi connectivity index (χ0n) is 20.4. The Morgan fingerprint density at radius 3 is 2.61 bits per heavy atom. The van der Waals surface area contributed by atoms with Crippen molar-refractivity contribution >= 4 is 17.3 Å². The number of likely N-dealkylation sites (N-methyl/N-ethyl adjacent to an activating group) is 1. The van der Waals surface area contributed by atoms with Crippen LogP contribution in [0.3, 0.4) is 0 Å². The number of hydrogen-bond acceptors (Lipinski definition) is 7. The highest BCUT2D eigenvalue weighted by molar-refractivity contribution is 6.05. The molecule has 0 unspecified atom stereocenters. The Kier molecular flexibility index (Phi) is 7.84. The number of rotatable bonds is 8. The number of carbonyl (C=O) groups excluding carboxylic acids is 1. The number of halogens is 2. The highest BCUT2D eigenvalue weighted by Gasteiger charge is 2.19. The van der Waals surface area contributed by atoms with E-state index in [4.69, 9.17) is 5.73 Å². The summed E-state index contributed by atoms with van der Waals surface area (Å²) in [5.41, 5.74) is 6.90. The first-order valence-corrected chi connectivity index (χ1v) is 11.7. The number of para-hydroxylation sites is 1. The smallest absolute Gasteiger partial charge is 0.276 e. The quantitative estimate of drug-likeness (QED) is 0.367. The van der Waals surface area contributed by atoms with Crippen LogP contribution in [0.25, 0.3) is 16.8 Å². The molecule has 192 valence electrons. The molecule has 0 saturated carbocycles. The minimum absolute atomic E-state index is 0.233. The van der Waals surface area contributed by atoms with E-state index in [0.29, 0.717) is 52.4 Å². The maximum absolute atomic E-state index is 14.3. The van der Waals surface area contributed by atoms with E-state index in [1.807, 2.05) is 17.9 Å². The molecule has 0 spiro atoms. The van der Waals surface area contributed by atoms with Crippen LogP contribution in [0, 0.1) is 23.0 Å². The van der Waals surface area contributed by atoms with E-state index in [2.05, 4.69) is 21.5 Å². The number of pyridine rings is 1. The Hall–Kier alpha value is -4.95. The third-order valence-electron chi connectivity index (χ3n) is 5.80. The van der Waals surface area contributed by atoms with Gasteiger partial charge in [0.1, 0.15) is 11.4 Å². The van der Waals surface area contributed by atoms with E-state index in [1.54, 1.807) is 24.4 Å². The summed E-state index contributed by atoms with van der Waals surface area (Å²) in [5.74, 6) is -2.70. The van der Waals surface area contributed by atoms with Gasteiger partial charge in [-0.2, -0.15) is 15.0 Å². The van der Waals surface area contributed by atoms with Crippen LogP contribution in [0.15, 0.2) is 71.8 Å². The molecule has 2 heterocycles. The lowest BCUT2D eigenvalue weighted by Gasteiger charge is -2.26. The lowest BCUT2D eigenvalue weighted by Crippen LogP contribution is -2.30. The van der Waals surface area contributed by atoms with E-state index in [1.165, 1.54) is 12.3 Å². The molecule has 2 aromatic carbocycles. The number of nitriles is 1. The number of anilines is 2. The second kappa shape index (κ2) is 11.4. The molecule has 2 aromatic heterocycles. The Morgan fingerprint density at radius 2 is 1.92 bits per heavy atom. The molecule has 38 heavy (non-hydrogen) atoms. The lowest BCUT2D eigenvalue weighted by molar-refractivity contribution is 0.102. The monoisotopic (exact) mass is 515 g/mol. The number of amides is 1. The highest BCUT2D eigenvalue weighted by Crippen LogP contribution is 2.33. The number of nitrogens with one attached hydrogen (secondary N) is 1. The van der Waals surface area contributed by atoms with Crippen LogP contribution >= 0.6 is 0 Å². The largest absolute Gasteiger partial charge is 0.369 e. The molecule has 4 aromatic rings. The normalized spacial score (nSPS) is 10.6. The Morgan fingerprint density at radius 1 is 1.16 bits per heavy atom. The van der Waals surface area contributed by atoms with Crippen LogP contribution in [-0.4, -0.2) is 40.3 Å². The van der Waals surface area contributed by atoms with Gasteiger partial charge in [0.2, 0.25) is 0 Å². The second-order valence-electron chi connectivity index (χ2n) is 8.13. The number of aromatic nitrogens is 3. The zero-order valence-corrected chi connectivity index (χ0v) is 20.4. The van der Waals surface area contributed by atoms with Crippen molar-refractivity contribution in [3.05, 3.63) is 100 Å². The van der Waals surface area contributed by atoms with Gasteiger partial charge in [-0.1, -0.05) is 12.1 Å². The molecule has 0 saturated heterocycles. The van der Waals surface area contributed by atoms with Gasteiger partial charge in [-0.15, -0.1) is 0 Å². The van der Waals surface area contributed by atoms with Gasteiger partial charge in [0, 0.05) is 43.7 Å². The van der Waals surface area contributed by atoms with Gasteiger partial charge in [-0.05, 0) is 48.9 Å². The SMILES string of the molecule is CCN(CCN)c1cc(-c2cnccc2C#N)ccc1NC(=O)c1ccc(=O)n(-c2c(F)cccc2F)n1. The topological polar surface area (TPSA) is 130 Å². The summed E-state index contributed by atoms with van der Waals surface area (Å²) >= 11 is 0. The van der Waals surface area contributed by atoms with Gasteiger partial charge in [0.15, 0.2) is 11.6 Å². The van der Waals surface area contributed by atoms with Crippen molar-refractivity contribution < 1.29 is 13.6 Å². The minimum Gasteiger partial charge on any atom is -0.369 e. The van der Waals surface area contributed by atoms with Crippen molar-refractivity contribution in [2.75, 3.05) is 29.9 Å². The van der Waals surface area contributed by atoms with Crippen LogP contribution in [-0.2, 0) is 0 Å². The maximum Gasteiger partial charge on any atom is 0.276 e. The fourth-order valence-corrected chi connectivity index (χ4v) is 3.96. The Balaban J connectivity index is 1.75. The maximum atomic E-state index is 14.3. The predicted octanol–water partition coefficient (Wildman–Crippen LogP) is 3.48. The summed E-state index contributed by atoms with van der Waals surface area (Å²) in [6.45, 7) is 3.33. The van der Waals surface area contributed by atoms with Crippen LogP contribution in [0.2, 0.25) is 0 Å². The minimum atomic E-state index is -0.998. The summed E-state index contributed by atoms with van der Waals surface area (Å²) in [6.07, 6.45) is 3.12. The van der Waals surface area contributed by atoms with E-state index >= 15 is 0 Å². The van der Waals surface area contributed by atoms with Gasteiger partial charge in [0.05, 0.1) is 23.0 Å². The molecule has 9 nitrogen and oxygen atoms in total. The van der Waals surface area contributed by atoms with Gasteiger partial charge in [-0.3, -0.25) is 14.6 Å². The summed E-state index contributed by atoms with van der Waals surface area (Å²) in [5, 5.41) is 16.2. The van der Waals surface area contributed by atoms with Gasteiger partial charge in [0.25, 0.3) is 11.5 Å².